The zero-order valence-electron chi connectivity index (χ0n) is 10.7. The smallest absolute Gasteiger partial charge is 0.269 e. The number of aromatic nitrogens is 4. The van der Waals surface area contributed by atoms with Gasteiger partial charge in [-0.15, -0.1) is 0 Å². The van der Waals surface area contributed by atoms with E-state index in [9.17, 15) is 4.79 Å². The fourth-order valence-electron chi connectivity index (χ4n) is 1.64. The van der Waals surface area contributed by atoms with Gasteiger partial charge < -0.3 is 11.2 Å². The van der Waals surface area contributed by atoms with Gasteiger partial charge in [-0.05, 0) is 13.0 Å². The quantitative estimate of drug-likeness (QED) is 0.522. The molecular formula is C11H15N7O. The molecule has 0 aliphatic heterocycles. The molecule has 5 N–H and O–H groups in total. The summed E-state index contributed by atoms with van der Waals surface area (Å²) in [5.74, 6) is 6.56. The van der Waals surface area contributed by atoms with Gasteiger partial charge in [0.25, 0.3) is 5.91 Å². The first-order chi connectivity index (χ1) is 9.06. The maximum Gasteiger partial charge on any atom is 0.269 e. The summed E-state index contributed by atoms with van der Waals surface area (Å²) in [4.78, 5) is 19.7. The van der Waals surface area contributed by atoms with Crippen LogP contribution in [-0.2, 0) is 6.42 Å². The molecule has 100 valence electrons. The minimum Gasteiger partial charge on any atom is -0.364 e. The minimum absolute atomic E-state index is 0.179. The van der Waals surface area contributed by atoms with E-state index >= 15 is 0 Å². The van der Waals surface area contributed by atoms with Gasteiger partial charge in [-0.2, -0.15) is 5.10 Å². The Morgan fingerprint density at radius 2 is 2.21 bits per heavy atom. The predicted molar refractivity (Wildman–Crippen MR) is 69.6 cm³/mol. The van der Waals surface area contributed by atoms with Gasteiger partial charge >= 0.3 is 0 Å². The average Bonchev–Trinajstić information content (AvgIpc) is 2.88. The van der Waals surface area contributed by atoms with E-state index in [1.165, 1.54) is 10.7 Å². The number of primary amides is 1. The van der Waals surface area contributed by atoms with E-state index in [1.807, 2.05) is 13.8 Å². The van der Waals surface area contributed by atoms with Crippen molar-refractivity contribution in [3.05, 3.63) is 29.3 Å². The molecule has 0 fully saturated rings. The molecule has 0 spiro atoms. The van der Waals surface area contributed by atoms with Crippen molar-refractivity contribution < 1.29 is 4.79 Å². The van der Waals surface area contributed by atoms with Crippen molar-refractivity contribution in [1.29, 1.82) is 0 Å². The highest BCUT2D eigenvalue weighted by Crippen LogP contribution is 2.18. The Balaban J connectivity index is 2.56. The fraction of sp³-hybridized carbons (Fsp3) is 0.273. The Bertz CT molecular complexity index is 620. The molecule has 0 atom stereocenters. The molecule has 0 bridgehead atoms. The van der Waals surface area contributed by atoms with Crippen molar-refractivity contribution >= 4 is 11.7 Å². The summed E-state index contributed by atoms with van der Waals surface area (Å²) in [6.45, 7) is 3.75. The summed E-state index contributed by atoms with van der Waals surface area (Å²) in [6, 6.07) is 1.53. The fourth-order valence-corrected chi connectivity index (χ4v) is 1.64. The number of rotatable bonds is 4. The SMILES string of the molecule is CCc1nc(NN)c(C)c(-n2ccc(C(N)=O)n2)n1. The molecule has 0 saturated heterocycles. The van der Waals surface area contributed by atoms with Crippen LogP contribution in [-0.4, -0.2) is 25.7 Å². The second-order valence-electron chi connectivity index (χ2n) is 3.94. The number of carbonyl (C=O) groups is 1. The van der Waals surface area contributed by atoms with Gasteiger partial charge in [-0.3, -0.25) is 4.79 Å². The molecule has 0 saturated carbocycles. The molecule has 2 rings (SSSR count). The zero-order valence-corrected chi connectivity index (χ0v) is 10.7. The molecule has 0 aromatic carbocycles. The number of nitrogens with zero attached hydrogens (tertiary/aromatic N) is 4. The van der Waals surface area contributed by atoms with E-state index < -0.39 is 5.91 Å². The summed E-state index contributed by atoms with van der Waals surface area (Å²) in [5, 5.41) is 4.07. The lowest BCUT2D eigenvalue weighted by molar-refractivity contribution is 0.0995. The van der Waals surface area contributed by atoms with Crippen molar-refractivity contribution in [3.63, 3.8) is 0 Å². The highest BCUT2D eigenvalue weighted by atomic mass is 16.1. The molecule has 0 radical (unpaired) electrons. The summed E-state index contributed by atoms with van der Waals surface area (Å²) in [5.41, 5.74) is 8.62. The van der Waals surface area contributed by atoms with Crippen LogP contribution in [0.1, 0.15) is 28.8 Å². The van der Waals surface area contributed by atoms with Crippen molar-refractivity contribution in [1.82, 2.24) is 19.7 Å². The van der Waals surface area contributed by atoms with Crippen LogP contribution in [0.3, 0.4) is 0 Å². The first kappa shape index (κ1) is 13.0. The Labute approximate surface area is 109 Å². The van der Waals surface area contributed by atoms with Gasteiger partial charge in [0.2, 0.25) is 0 Å². The highest BCUT2D eigenvalue weighted by molar-refractivity contribution is 5.90. The average molecular weight is 261 g/mol. The lowest BCUT2D eigenvalue weighted by atomic mass is 10.3. The molecule has 8 nitrogen and oxygen atoms in total. The first-order valence-corrected chi connectivity index (χ1v) is 5.76. The number of nitrogens with two attached hydrogens (primary N) is 2. The van der Waals surface area contributed by atoms with Gasteiger partial charge in [0, 0.05) is 18.2 Å². The minimum atomic E-state index is -0.585. The molecule has 2 aromatic heterocycles. The molecule has 0 aliphatic carbocycles. The molecule has 2 aromatic rings. The molecule has 0 aliphatic rings. The van der Waals surface area contributed by atoms with Crippen LogP contribution >= 0.6 is 0 Å². The van der Waals surface area contributed by atoms with Crippen LogP contribution < -0.4 is 17.0 Å². The van der Waals surface area contributed by atoms with Crippen molar-refractivity contribution in [2.75, 3.05) is 5.43 Å². The summed E-state index contributed by atoms with van der Waals surface area (Å²) >= 11 is 0. The monoisotopic (exact) mass is 261 g/mol. The van der Waals surface area contributed by atoms with Crippen LogP contribution in [0.25, 0.3) is 5.82 Å². The van der Waals surface area contributed by atoms with Gasteiger partial charge in [0.15, 0.2) is 5.82 Å². The van der Waals surface area contributed by atoms with Crippen LogP contribution in [0.5, 0.6) is 0 Å². The summed E-state index contributed by atoms with van der Waals surface area (Å²) in [6.07, 6.45) is 2.28. The number of carbonyl (C=O) groups excluding carboxylic acids is 1. The van der Waals surface area contributed by atoms with E-state index in [0.717, 1.165) is 5.56 Å². The van der Waals surface area contributed by atoms with E-state index in [1.54, 1.807) is 6.20 Å². The first-order valence-electron chi connectivity index (χ1n) is 5.76. The highest BCUT2D eigenvalue weighted by Gasteiger charge is 2.13. The number of amides is 1. The van der Waals surface area contributed by atoms with Crippen LogP contribution in [0.15, 0.2) is 12.3 Å². The maximum absolute atomic E-state index is 11.1. The van der Waals surface area contributed by atoms with E-state index in [0.29, 0.717) is 23.9 Å². The standard InChI is InChI=1S/C11H15N7O/c1-3-8-14-10(16-13)6(2)11(15-8)18-5-4-7(17-18)9(12)19/h4-5H,3,13H2,1-2H3,(H2,12,19)(H,14,15,16). The van der Waals surface area contributed by atoms with Crippen molar-refractivity contribution in [3.8, 4) is 5.82 Å². The number of aryl methyl sites for hydroxylation is 1. The number of hydrogen-bond donors (Lipinski definition) is 3. The maximum atomic E-state index is 11.1. The van der Waals surface area contributed by atoms with Crippen LogP contribution in [0.2, 0.25) is 0 Å². The Kier molecular flexibility index (Phi) is 3.43. The Hall–Kier alpha value is -2.48. The number of hydrazine groups is 1. The summed E-state index contributed by atoms with van der Waals surface area (Å²) < 4.78 is 1.48. The Morgan fingerprint density at radius 1 is 1.47 bits per heavy atom. The largest absolute Gasteiger partial charge is 0.364 e. The number of hydrogen-bond acceptors (Lipinski definition) is 6. The molecule has 0 unspecified atom stereocenters. The van der Waals surface area contributed by atoms with Crippen LogP contribution in [0, 0.1) is 6.92 Å². The normalized spacial score (nSPS) is 10.5. The number of nitrogen functional groups attached to an aromatic ring is 1. The number of anilines is 1. The summed E-state index contributed by atoms with van der Waals surface area (Å²) in [7, 11) is 0. The molecule has 19 heavy (non-hydrogen) atoms. The second-order valence-corrected chi connectivity index (χ2v) is 3.94. The molecule has 2 heterocycles. The van der Waals surface area contributed by atoms with Crippen LogP contribution in [0.4, 0.5) is 5.82 Å². The van der Waals surface area contributed by atoms with Gasteiger partial charge in [-0.1, -0.05) is 6.92 Å². The topological polar surface area (TPSA) is 125 Å². The third-order valence-corrected chi connectivity index (χ3v) is 2.68. The van der Waals surface area contributed by atoms with Gasteiger partial charge in [-0.25, -0.2) is 20.5 Å². The van der Waals surface area contributed by atoms with E-state index in [-0.39, 0.29) is 5.69 Å². The Morgan fingerprint density at radius 3 is 2.74 bits per heavy atom. The third-order valence-electron chi connectivity index (χ3n) is 2.68. The predicted octanol–water partition coefficient (Wildman–Crippen LogP) is -0.0824. The third kappa shape index (κ3) is 2.38. The lowest BCUT2D eigenvalue weighted by Gasteiger charge is -2.11. The molecule has 8 heteroatoms. The molecule has 1 amide bonds. The lowest BCUT2D eigenvalue weighted by Crippen LogP contribution is -2.16. The molecular weight excluding hydrogens is 246 g/mol. The van der Waals surface area contributed by atoms with Gasteiger partial charge in [0.05, 0.1) is 0 Å². The van der Waals surface area contributed by atoms with E-state index in [2.05, 4.69) is 20.5 Å². The van der Waals surface area contributed by atoms with E-state index in [4.69, 9.17) is 11.6 Å². The number of nitrogens with one attached hydrogen (secondary N) is 1. The zero-order chi connectivity index (χ0) is 14.0. The van der Waals surface area contributed by atoms with Crippen molar-refractivity contribution in [2.24, 2.45) is 11.6 Å². The second kappa shape index (κ2) is 5.02. The van der Waals surface area contributed by atoms with Gasteiger partial charge in [0.1, 0.15) is 17.3 Å². The van der Waals surface area contributed by atoms with Crippen molar-refractivity contribution in [2.45, 2.75) is 20.3 Å².